The van der Waals surface area contributed by atoms with Crippen LogP contribution in [0, 0.1) is 5.92 Å². The van der Waals surface area contributed by atoms with Crippen molar-refractivity contribution in [3.8, 4) is 0 Å². The number of aliphatic hydroxyl groups is 1. The Morgan fingerprint density at radius 2 is 2.42 bits per heavy atom. The first-order chi connectivity index (χ1) is 9.22. The third kappa shape index (κ3) is 3.81. The van der Waals surface area contributed by atoms with E-state index >= 15 is 0 Å². The van der Waals surface area contributed by atoms with E-state index in [4.69, 9.17) is 9.15 Å². The Hall–Kier alpha value is -1.33. The average molecular weight is 267 g/mol. The van der Waals surface area contributed by atoms with E-state index in [-0.39, 0.29) is 12.4 Å². The molecule has 1 aromatic heterocycles. The van der Waals surface area contributed by atoms with Crippen LogP contribution in [-0.4, -0.2) is 42.3 Å². The topological polar surface area (TPSA) is 62.9 Å². The number of aliphatic hydroxyl groups excluding tert-OH is 1. The smallest absolute Gasteiger partial charge is 0.374 e. The van der Waals surface area contributed by atoms with Crippen molar-refractivity contribution in [1.82, 2.24) is 4.90 Å². The summed E-state index contributed by atoms with van der Waals surface area (Å²) in [7, 11) is 0. The second-order valence-electron chi connectivity index (χ2n) is 4.91. The molecule has 5 heteroatoms. The largest absolute Gasteiger partial charge is 0.460 e. The molecule has 1 saturated heterocycles. The number of likely N-dealkylation sites (tertiary alicyclic amines) is 1. The molecule has 0 aromatic carbocycles. The number of hydrogen-bond acceptors (Lipinski definition) is 5. The summed E-state index contributed by atoms with van der Waals surface area (Å²) in [5.74, 6) is 0.961. The summed E-state index contributed by atoms with van der Waals surface area (Å²) < 4.78 is 10.4. The molecular formula is C14H21NO4. The van der Waals surface area contributed by atoms with Crippen LogP contribution in [0.1, 0.15) is 36.1 Å². The van der Waals surface area contributed by atoms with Crippen molar-refractivity contribution in [2.75, 3.05) is 26.3 Å². The average Bonchev–Trinajstić information content (AvgIpc) is 2.88. The zero-order valence-corrected chi connectivity index (χ0v) is 11.3. The Balaban J connectivity index is 1.90. The second-order valence-corrected chi connectivity index (χ2v) is 4.91. The fraction of sp³-hybridized carbons (Fsp3) is 0.643. The monoisotopic (exact) mass is 267 g/mol. The maximum Gasteiger partial charge on any atom is 0.374 e. The minimum absolute atomic E-state index is 0.239. The number of hydrogen-bond donors (Lipinski definition) is 1. The SMILES string of the molecule is CCOC(=O)c1ccc(CN2CCCC(CO)C2)o1. The van der Waals surface area contributed by atoms with E-state index in [1.807, 2.05) is 6.07 Å². The predicted molar refractivity (Wildman–Crippen MR) is 69.8 cm³/mol. The molecule has 1 atom stereocenters. The fourth-order valence-electron chi connectivity index (χ4n) is 2.44. The van der Waals surface area contributed by atoms with Gasteiger partial charge in [0, 0.05) is 13.2 Å². The van der Waals surface area contributed by atoms with Crippen LogP contribution in [0.3, 0.4) is 0 Å². The van der Waals surface area contributed by atoms with Crippen LogP contribution in [0.15, 0.2) is 16.5 Å². The number of rotatable bonds is 5. The van der Waals surface area contributed by atoms with Gasteiger partial charge in [0.05, 0.1) is 13.2 Å². The lowest BCUT2D eigenvalue weighted by Crippen LogP contribution is -2.36. The molecule has 1 aromatic rings. The van der Waals surface area contributed by atoms with E-state index in [0.717, 1.165) is 31.7 Å². The summed E-state index contributed by atoms with van der Waals surface area (Å²) in [6.07, 6.45) is 2.18. The summed E-state index contributed by atoms with van der Waals surface area (Å²) in [5.41, 5.74) is 0. The number of carbonyl (C=O) groups excluding carboxylic acids is 1. The number of piperidine rings is 1. The molecule has 1 fully saturated rings. The summed E-state index contributed by atoms with van der Waals surface area (Å²) >= 11 is 0. The lowest BCUT2D eigenvalue weighted by Gasteiger charge is -2.30. The molecule has 5 nitrogen and oxygen atoms in total. The van der Waals surface area contributed by atoms with Gasteiger partial charge in [-0.05, 0) is 44.4 Å². The maximum atomic E-state index is 11.5. The van der Waals surface area contributed by atoms with Crippen LogP contribution in [-0.2, 0) is 11.3 Å². The van der Waals surface area contributed by atoms with Gasteiger partial charge in [-0.1, -0.05) is 0 Å². The van der Waals surface area contributed by atoms with Gasteiger partial charge in [0.1, 0.15) is 5.76 Å². The summed E-state index contributed by atoms with van der Waals surface area (Å²) in [4.78, 5) is 13.7. The van der Waals surface area contributed by atoms with E-state index in [0.29, 0.717) is 19.1 Å². The van der Waals surface area contributed by atoms with Gasteiger partial charge in [-0.25, -0.2) is 4.79 Å². The van der Waals surface area contributed by atoms with Gasteiger partial charge in [0.25, 0.3) is 0 Å². The van der Waals surface area contributed by atoms with Gasteiger partial charge >= 0.3 is 5.97 Å². The first-order valence-electron chi connectivity index (χ1n) is 6.82. The standard InChI is InChI=1S/C14H21NO4/c1-2-18-14(17)13-6-5-12(19-13)9-15-7-3-4-11(8-15)10-16/h5-6,11,16H,2-4,7-10H2,1H3. The zero-order valence-electron chi connectivity index (χ0n) is 11.3. The van der Waals surface area contributed by atoms with Crippen LogP contribution in [0.4, 0.5) is 0 Å². The molecule has 0 radical (unpaired) electrons. The van der Waals surface area contributed by atoms with Gasteiger partial charge in [0.15, 0.2) is 0 Å². The number of carbonyl (C=O) groups is 1. The quantitative estimate of drug-likeness (QED) is 0.822. The van der Waals surface area contributed by atoms with Crippen LogP contribution in [0.2, 0.25) is 0 Å². The molecule has 1 unspecified atom stereocenters. The van der Waals surface area contributed by atoms with Crippen LogP contribution in [0.5, 0.6) is 0 Å². The third-order valence-electron chi connectivity index (χ3n) is 3.38. The molecule has 106 valence electrons. The molecule has 0 saturated carbocycles. The van der Waals surface area contributed by atoms with Gasteiger partial charge in [-0.2, -0.15) is 0 Å². The molecule has 0 spiro atoms. The minimum Gasteiger partial charge on any atom is -0.460 e. The molecule has 0 amide bonds. The Kier molecular flexibility index (Phi) is 4.99. The molecule has 0 aliphatic carbocycles. The number of nitrogens with zero attached hydrogens (tertiary/aromatic N) is 1. The van der Waals surface area contributed by atoms with Gasteiger partial charge in [-0.3, -0.25) is 4.90 Å². The number of ether oxygens (including phenoxy) is 1. The Labute approximate surface area is 113 Å². The van der Waals surface area contributed by atoms with Gasteiger partial charge < -0.3 is 14.3 Å². The van der Waals surface area contributed by atoms with Crippen molar-refractivity contribution in [3.63, 3.8) is 0 Å². The zero-order chi connectivity index (χ0) is 13.7. The van der Waals surface area contributed by atoms with Crippen molar-refractivity contribution < 1.29 is 19.1 Å². The first-order valence-corrected chi connectivity index (χ1v) is 6.82. The van der Waals surface area contributed by atoms with Crippen LogP contribution >= 0.6 is 0 Å². The number of esters is 1. The molecule has 1 N–H and O–H groups in total. The maximum absolute atomic E-state index is 11.5. The van der Waals surface area contributed by atoms with Gasteiger partial charge in [-0.15, -0.1) is 0 Å². The normalized spacial score (nSPS) is 20.4. The van der Waals surface area contributed by atoms with Gasteiger partial charge in [0.2, 0.25) is 5.76 Å². The van der Waals surface area contributed by atoms with Crippen molar-refractivity contribution in [2.45, 2.75) is 26.3 Å². The third-order valence-corrected chi connectivity index (χ3v) is 3.38. The van der Waals surface area contributed by atoms with E-state index in [2.05, 4.69) is 4.90 Å². The van der Waals surface area contributed by atoms with Crippen molar-refractivity contribution in [1.29, 1.82) is 0 Å². The lowest BCUT2D eigenvalue weighted by molar-refractivity contribution is 0.0484. The minimum atomic E-state index is -0.416. The van der Waals surface area contributed by atoms with E-state index in [1.54, 1.807) is 13.0 Å². The molecule has 2 heterocycles. The molecule has 19 heavy (non-hydrogen) atoms. The molecule has 1 aliphatic heterocycles. The Bertz CT molecular complexity index is 415. The summed E-state index contributed by atoms with van der Waals surface area (Å²) in [5, 5.41) is 9.20. The van der Waals surface area contributed by atoms with E-state index < -0.39 is 5.97 Å². The van der Waals surface area contributed by atoms with E-state index in [9.17, 15) is 9.90 Å². The molecule has 2 rings (SSSR count). The van der Waals surface area contributed by atoms with Crippen LogP contribution < -0.4 is 0 Å². The Morgan fingerprint density at radius 3 is 3.16 bits per heavy atom. The van der Waals surface area contributed by atoms with Crippen molar-refractivity contribution in [2.24, 2.45) is 5.92 Å². The Morgan fingerprint density at radius 1 is 1.58 bits per heavy atom. The highest BCUT2D eigenvalue weighted by Crippen LogP contribution is 2.19. The highest BCUT2D eigenvalue weighted by Gasteiger charge is 2.20. The summed E-state index contributed by atoms with van der Waals surface area (Å²) in [6.45, 7) is 4.92. The van der Waals surface area contributed by atoms with Crippen molar-refractivity contribution in [3.05, 3.63) is 23.7 Å². The first kappa shape index (κ1) is 14.1. The molecular weight excluding hydrogens is 246 g/mol. The molecule has 1 aliphatic rings. The highest BCUT2D eigenvalue weighted by atomic mass is 16.5. The fourth-order valence-corrected chi connectivity index (χ4v) is 2.44. The summed E-state index contributed by atoms with van der Waals surface area (Å²) in [6, 6.07) is 3.47. The van der Waals surface area contributed by atoms with E-state index in [1.165, 1.54) is 0 Å². The molecule has 0 bridgehead atoms. The highest BCUT2D eigenvalue weighted by molar-refractivity contribution is 5.86. The number of furan rings is 1. The van der Waals surface area contributed by atoms with Crippen molar-refractivity contribution >= 4 is 5.97 Å². The predicted octanol–water partition coefficient (Wildman–Crippen LogP) is 1.66. The van der Waals surface area contributed by atoms with Crippen LogP contribution in [0.25, 0.3) is 0 Å². The lowest BCUT2D eigenvalue weighted by atomic mass is 9.99. The second kappa shape index (κ2) is 6.73.